The van der Waals surface area contributed by atoms with Crippen LogP contribution in [0.4, 0.5) is 0 Å². The highest BCUT2D eigenvalue weighted by atomic mass is 31.2. The Bertz CT molecular complexity index is 147. The Kier molecular flexibility index (Phi) is 7.51. The molecule has 0 aliphatic carbocycles. The lowest BCUT2D eigenvalue weighted by molar-refractivity contribution is 0.175. The van der Waals surface area contributed by atoms with Crippen LogP contribution >= 0.6 is 7.60 Å². The second-order valence-electron chi connectivity index (χ2n) is 2.59. The van der Waals surface area contributed by atoms with Crippen LogP contribution in [0.15, 0.2) is 0 Å². The first-order chi connectivity index (χ1) is 6.12. The number of aliphatic hydroxyl groups is 2. The number of hydrogen-bond acceptors (Lipinski definition) is 5. The predicted molar refractivity (Wildman–Crippen MR) is 48.8 cm³/mol. The van der Waals surface area contributed by atoms with E-state index < -0.39 is 7.60 Å². The summed E-state index contributed by atoms with van der Waals surface area (Å²) in [6.45, 7) is 1.85. The Labute approximate surface area is 78.2 Å². The molecule has 0 unspecified atom stereocenters. The van der Waals surface area contributed by atoms with Crippen molar-refractivity contribution in [3.8, 4) is 0 Å². The van der Waals surface area contributed by atoms with Gasteiger partial charge in [0, 0.05) is 19.9 Å². The van der Waals surface area contributed by atoms with Crippen LogP contribution in [0.1, 0.15) is 12.8 Å². The molecule has 0 rings (SSSR count). The van der Waals surface area contributed by atoms with Gasteiger partial charge in [-0.2, -0.15) is 0 Å². The smallest absolute Gasteiger partial charge is 0.327 e. The molecule has 0 aliphatic rings. The molecular weight excluding hydrogens is 195 g/mol. The lowest BCUT2D eigenvalue weighted by Gasteiger charge is -2.13. The van der Waals surface area contributed by atoms with E-state index in [4.69, 9.17) is 19.3 Å². The molecule has 0 fully saturated rings. The van der Waals surface area contributed by atoms with Crippen LogP contribution in [0.2, 0.25) is 0 Å². The zero-order valence-corrected chi connectivity index (χ0v) is 8.70. The third-order valence-electron chi connectivity index (χ3n) is 1.26. The molecule has 0 aromatic carbocycles. The van der Waals surface area contributed by atoms with E-state index in [-0.39, 0.29) is 26.4 Å². The molecule has 13 heavy (non-hydrogen) atoms. The molecule has 80 valence electrons. The van der Waals surface area contributed by atoms with Crippen molar-refractivity contribution in [3.05, 3.63) is 0 Å². The lowest BCUT2D eigenvalue weighted by atomic mass is 10.5. The van der Waals surface area contributed by atoms with Crippen LogP contribution in [0, 0.1) is 0 Å². The summed E-state index contributed by atoms with van der Waals surface area (Å²) in [6, 6.07) is 0. The van der Waals surface area contributed by atoms with Crippen molar-refractivity contribution in [2.75, 3.05) is 33.1 Å². The third-order valence-corrected chi connectivity index (χ3v) is 2.56. The van der Waals surface area contributed by atoms with Gasteiger partial charge in [-0.3, -0.25) is 4.57 Å². The Hall–Kier alpha value is 0.0700. The molecule has 0 aromatic rings. The summed E-state index contributed by atoms with van der Waals surface area (Å²) >= 11 is 0. The molecule has 0 aliphatic heterocycles. The van der Waals surface area contributed by atoms with Crippen molar-refractivity contribution < 1.29 is 23.8 Å². The SMILES string of the molecule is CP(=O)(OCCCO)OCCCO. The first kappa shape index (κ1) is 13.1. The van der Waals surface area contributed by atoms with Gasteiger partial charge in [-0.05, 0) is 12.8 Å². The van der Waals surface area contributed by atoms with E-state index in [2.05, 4.69) is 0 Å². The molecule has 0 atom stereocenters. The van der Waals surface area contributed by atoms with Crippen LogP contribution in [-0.4, -0.2) is 43.3 Å². The number of hydrogen-bond donors (Lipinski definition) is 2. The molecule has 0 aromatic heterocycles. The van der Waals surface area contributed by atoms with Crippen LogP contribution in [0.3, 0.4) is 0 Å². The molecule has 2 N–H and O–H groups in total. The van der Waals surface area contributed by atoms with Gasteiger partial charge in [-0.15, -0.1) is 0 Å². The summed E-state index contributed by atoms with van der Waals surface area (Å²) < 4.78 is 21.2. The molecule has 0 saturated heterocycles. The third kappa shape index (κ3) is 8.40. The molecular formula is C7H17O5P. The van der Waals surface area contributed by atoms with Gasteiger partial charge < -0.3 is 19.3 Å². The first-order valence-corrected chi connectivity index (χ1v) is 6.19. The molecule has 0 bridgehead atoms. The van der Waals surface area contributed by atoms with Gasteiger partial charge in [0.1, 0.15) is 0 Å². The highest BCUT2D eigenvalue weighted by Crippen LogP contribution is 2.43. The van der Waals surface area contributed by atoms with Crippen molar-refractivity contribution >= 4 is 7.60 Å². The van der Waals surface area contributed by atoms with Gasteiger partial charge in [-0.25, -0.2) is 0 Å². The monoisotopic (exact) mass is 212 g/mol. The maximum atomic E-state index is 11.4. The molecule has 0 saturated carbocycles. The summed E-state index contributed by atoms with van der Waals surface area (Å²) in [5.41, 5.74) is 0. The van der Waals surface area contributed by atoms with Crippen molar-refractivity contribution in [2.24, 2.45) is 0 Å². The van der Waals surface area contributed by atoms with Crippen molar-refractivity contribution in [2.45, 2.75) is 12.8 Å². The van der Waals surface area contributed by atoms with E-state index >= 15 is 0 Å². The van der Waals surface area contributed by atoms with Crippen molar-refractivity contribution in [1.29, 1.82) is 0 Å². The minimum absolute atomic E-state index is 0.0106. The highest BCUT2D eigenvalue weighted by molar-refractivity contribution is 7.52. The van der Waals surface area contributed by atoms with Crippen molar-refractivity contribution in [3.63, 3.8) is 0 Å². The summed E-state index contributed by atoms with van der Waals surface area (Å²) in [4.78, 5) is 0. The fraction of sp³-hybridized carbons (Fsp3) is 1.00. The van der Waals surface area contributed by atoms with Crippen LogP contribution in [-0.2, 0) is 13.6 Å². The van der Waals surface area contributed by atoms with E-state index in [1.807, 2.05) is 0 Å². The van der Waals surface area contributed by atoms with Gasteiger partial charge in [-0.1, -0.05) is 0 Å². The summed E-state index contributed by atoms with van der Waals surface area (Å²) in [7, 11) is -2.97. The van der Waals surface area contributed by atoms with Gasteiger partial charge in [0.25, 0.3) is 0 Å². The standard InChI is InChI=1S/C7H17O5P/c1-13(10,11-6-2-4-8)12-7-3-5-9/h8-9H,2-7H2,1H3. The molecule has 0 heterocycles. The summed E-state index contributed by atoms with van der Waals surface area (Å²) in [6.07, 6.45) is 0.891. The normalized spacial score (nSPS) is 11.9. The topological polar surface area (TPSA) is 76.0 Å². The van der Waals surface area contributed by atoms with E-state index in [9.17, 15) is 4.57 Å². The fourth-order valence-corrected chi connectivity index (χ4v) is 1.62. The average molecular weight is 212 g/mol. The largest absolute Gasteiger partial charge is 0.396 e. The van der Waals surface area contributed by atoms with E-state index in [1.165, 1.54) is 6.66 Å². The zero-order valence-electron chi connectivity index (χ0n) is 7.81. The Morgan fingerprint density at radius 1 is 1.08 bits per heavy atom. The second kappa shape index (κ2) is 7.47. The van der Waals surface area contributed by atoms with Crippen LogP contribution < -0.4 is 0 Å². The average Bonchev–Trinajstić information content (AvgIpc) is 2.05. The minimum atomic E-state index is -2.97. The lowest BCUT2D eigenvalue weighted by Crippen LogP contribution is -2.00. The van der Waals surface area contributed by atoms with E-state index in [1.54, 1.807) is 0 Å². The molecule has 5 nitrogen and oxygen atoms in total. The number of rotatable bonds is 8. The Balaban J connectivity index is 3.49. The predicted octanol–water partition coefficient (Wildman–Crippen LogP) is 0.607. The zero-order chi connectivity index (χ0) is 10.2. The number of aliphatic hydroxyl groups excluding tert-OH is 2. The van der Waals surface area contributed by atoms with E-state index in [0.717, 1.165) is 0 Å². The first-order valence-electron chi connectivity index (χ1n) is 4.20. The van der Waals surface area contributed by atoms with Gasteiger partial charge >= 0.3 is 7.60 Å². The summed E-state index contributed by atoms with van der Waals surface area (Å²) in [5.74, 6) is 0. The Morgan fingerprint density at radius 3 is 1.77 bits per heavy atom. The minimum Gasteiger partial charge on any atom is -0.396 e. The maximum absolute atomic E-state index is 11.4. The fourth-order valence-electron chi connectivity index (χ4n) is 0.627. The molecule has 0 amide bonds. The highest BCUT2D eigenvalue weighted by Gasteiger charge is 2.15. The van der Waals surface area contributed by atoms with E-state index in [0.29, 0.717) is 12.8 Å². The summed E-state index contributed by atoms with van der Waals surface area (Å²) in [5, 5.41) is 16.9. The van der Waals surface area contributed by atoms with Gasteiger partial charge in [0.2, 0.25) is 0 Å². The second-order valence-corrected chi connectivity index (χ2v) is 4.65. The molecule has 0 spiro atoms. The van der Waals surface area contributed by atoms with Crippen LogP contribution in [0.25, 0.3) is 0 Å². The van der Waals surface area contributed by atoms with Crippen LogP contribution in [0.5, 0.6) is 0 Å². The molecule has 0 radical (unpaired) electrons. The molecule has 6 heteroatoms. The Morgan fingerprint density at radius 2 is 1.46 bits per heavy atom. The van der Waals surface area contributed by atoms with Gasteiger partial charge in [0.15, 0.2) is 0 Å². The maximum Gasteiger partial charge on any atom is 0.327 e. The quantitative estimate of drug-likeness (QED) is 0.455. The van der Waals surface area contributed by atoms with Crippen molar-refractivity contribution in [1.82, 2.24) is 0 Å². The van der Waals surface area contributed by atoms with Gasteiger partial charge in [0.05, 0.1) is 13.2 Å².